The van der Waals surface area contributed by atoms with Crippen LogP contribution in [0.15, 0.2) is 4.99 Å². The lowest BCUT2D eigenvalue weighted by molar-refractivity contribution is -0.526. The van der Waals surface area contributed by atoms with Crippen molar-refractivity contribution in [1.82, 2.24) is 0 Å². The molecule has 1 fully saturated rings. The van der Waals surface area contributed by atoms with E-state index in [0.717, 1.165) is 37.9 Å². The van der Waals surface area contributed by atoms with Crippen LogP contribution in [0.3, 0.4) is 0 Å². The fourth-order valence-corrected chi connectivity index (χ4v) is 4.14. The number of carbonyl (C=O) groups is 1. The van der Waals surface area contributed by atoms with Gasteiger partial charge in [-0.05, 0) is 38.0 Å². The van der Waals surface area contributed by atoms with E-state index in [1.54, 1.807) is 6.92 Å². The molecule has 0 aromatic carbocycles. The Labute approximate surface area is 166 Å². The van der Waals surface area contributed by atoms with Crippen molar-refractivity contribution in [2.24, 2.45) is 16.8 Å². The van der Waals surface area contributed by atoms with E-state index in [0.29, 0.717) is 36.5 Å². The van der Waals surface area contributed by atoms with E-state index in [4.69, 9.17) is 9.47 Å². The van der Waals surface area contributed by atoms with Crippen molar-refractivity contribution in [3.05, 3.63) is 10.1 Å². The number of nitrogens with zero attached hydrogens (tertiary/aromatic N) is 2. The summed E-state index contributed by atoms with van der Waals surface area (Å²) in [6.45, 7) is 6.89. The Morgan fingerprint density at radius 3 is 2.48 bits per heavy atom. The minimum Gasteiger partial charge on any atom is -0.472 e. The highest BCUT2D eigenvalue weighted by Gasteiger charge is 2.28. The summed E-state index contributed by atoms with van der Waals surface area (Å²) >= 11 is 1.43. The van der Waals surface area contributed by atoms with Gasteiger partial charge in [-0.15, -0.1) is 4.99 Å². The third-order valence-electron chi connectivity index (χ3n) is 4.99. The number of aliphatic imine (C=N–C) groups is 1. The monoisotopic (exact) mass is 402 g/mol. The van der Waals surface area contributed by atoms with Crippen LogP contribution in [-0.2, 0) is 9.47 Å². The lowest BCUT2D eigenvalue weighted by Crippen LogP contribution is -2.27. The molecule has 0 bridgehead atoms. The van der Waals surface area contributed by atoms with Gasteiger partial charge in [0.15, 0.2) is 0 Å². The molecule has 0 radical (unpaired) electrons. The van der Waals surface area contributed by atoms with Gasteiger partial charge in [-0.1, -0.05) is 44.9 Å². The third-order valence-corrected chi connectivity index (χ3v) is 6.09. The largest absolute Gasteiger partial charge is 0.472 e. The molecule has 1 unspecified atom stereocenters. The van der Waals surface area contributed by atoms with Gasteiger partial charge in [0, 0.05) is 23.5 Å². The number of carbonyl (C=O) groups excluding carboxylic acids is 1. The van der Waals surface area contributed by atoms with Gasteiger partial charge in [-0.3, -0.25) is 10.1 Å². The first-order valence-corrected chi connectivity index (χ1v) is 11.1. The Morgan fingerprint density at radius 2 is 1.93 bits per heavy atom. The van der Waals surface area contributed by atoms with Crippen LogP contribution in [-0.4, -0.2) is 41.3 Å². The van der Waals surface area contributed by atoms with E-state index in [2.05, 4.69) is 18.8 Å². The summed E-state index contributed by atoms with van der Waals surface area (Å²) in [4.78, 5) is 26.4. The van der Waals surface area contributed by atoms with Crippen LogP contribution in [0.5, 0.6) is 0 Å². The van der Waals surface area contributed by atoms with Crippen molar-refractivity contribution in [2.75, 3.05) is 19.0 Å². The first kappa shape index (κ1) is 23.7. The Kier molecular flexibility index (Phi) is 12.1. The van der Waals surface area contributed by atoms with Crippen molar-refractivity contribution >= 4 is 23.1 Å². The predicted octanol–water partition coefficient (Wildman–Crippen LogP) is 5.30. The highest BCUT2D eigenvalue weighted by molar-refractivity contribution is 8.13. The summed E-state index contributed by atoms with van der Waals surface area (Å²) in [6.07, 6.45) is 6.74. The number of thioether (sulfide) groups is 1. The van der Waals surface area contributed by atoms with Crippen LogP contribution >= 0.6 is 11.8 Å². The minimum absolute atomic E-state index is 0.165. The molecule has 0 saturated heterocycles. The van der Waals surface area contributed by atoms with Gasteiger partial charge in [-0.25, -0.2) is 4.79 Å². The first-order valence-electron chi connectivity index (χ1n) is 10.1. The van der Waals surface area contributed by atoms with E-state index in [1.165, 1.54) is 18.2 Å². The van der Waals surface area contributed by atoms with Gasteiger partial charge in [0.1, 0.15) is 0 Å². The van der Waals surface area contributed by atoms with Gasteiger partial charge >= 0.3 is 6.09 Å². The summed E-state index contributed by atoms with van der Waals surface area (Å²) in [5, 5.41) is 11.2. The zero-order chi connectivity index (χ0) is 20.1. The molecule has 0 heterocycles. The van der Waals surface area contributed by atoms with E-state index in [1.807, 2.05) is 0 Å². The highest BCUT2D eigenvalue weighted by Crippen LogP contribution is 2.29. The Bertz CT molecular complexity index is 479. The molecule has 8 heteroatoms. The average Bonchev–Trinajstić information content (AvgIpc) is 2.66. The number of rotatable bonds is 10. The van der Waals surface area contributed by atoms with Crippen LogP contribution < -0.4 is 0 Å². The molecule has 1 saturated carbocycles. The lowest BCUT2D eigenvalue weighted by atomic mass is 9.87. The molecule has 1 atom stereocenters. The molecular weight excluding hydrogens is 368 g/mol. The van der Waals surface area contributed by atoms with Gasteiger partial charge < -0.3 is 9.47 Å². The predicted molar refractivity (Wildman–Crippen MR) is 109 cm³/mol. The normalized spacial score (nSPS) is 21.5. The molecule has 7 nitrogen and oxygen atoms in total. The van der Waals surface area contributed by atoms with Gasteiger partial charge in [0.25, 0.3) is 5.23 Å². The molecule has 1 rings (SSSR count). The quantitative estimate of drug-likeness (QED) is 0.213. The van der Waals surface area contributed by atoms with Crippen LogP contribution in [0.25, 0.3) is 0 Å². The third kappa shape index (κ3) is 9.98. The summed E-state index contributed by atoms with van der Waals surface area (Å²) in [5.74, 6) is 1.60. The number of hydrogen-bond donors (Lipinski definition) is 0. The number of nitro groups is 1. The molecule has 0 aromatic rings. The maximum absolute atomic E-state index is 11.7. The topological polar surface area (TPSA) is 91.0 Å². The zero-order valence-corrected chi connectivity index (χ0v) is 17.7. The summed E-state index contributed by atoms with van der Waals surface area (Å²) < 4.78 is 10.8. The second-order valence-electron chi connectivity index (χ2n) is 7.08. The molecule has 0 spiro atoms. The molecule has 0 aromatic heterocycles. The number of amides is 1. The average molecular weight is 403 g/mol. The summed E-state index contributed by atoms with van der Waals surface area (Å²) in [7, 11) is 0. The lowest BCUT2D eigenvalue weighted by Gasteiger charge is -2.23. The maximum atomic E-state index is 11.7. The fraction of sp³-hybridized carbons (Fsp3) is 0.895. The van der Waals surface area contributed by atoms with Crippen LogP contribution in [0.2, 0.25) is 0 Å². The number of unbranched alkanes of at least 4 members (excludes halogenated alkanes) is 1. The summed E-state index contributed by atoms with van der Waals surface area (Å²) in [5.41, 5.74) is 0. The summed E-state index contributed by atoms with van der Waals surface area (Å²) in [6, 6.07) is -0.404. The van der Waals surface area contributed by atoms with Gasteiger partial charge in [0.2, 0.25) is 6.04 Å². The smallest absolute Gasteiger partial charge is 0.437 e. The maximum Gasteiger partial charge on any atom is 0.437 e. The molecule has 156 valence electrons. The van der Waals surface area contributed by atoms with Crippen LogP contribution in [0.4, 0.5) is 4.79 Å². The Balaban J connectivity index is 2.54. The Morgan fingerprint density at radius 1 is 1.22 bits per heavy atom. The van der Waals surface area contributed by atoms with Gasteiger partial charge in [0.05, 0.1) is 13.2 Å². The minimum atomic E-state index is -0.626. The van der Waals surface area contributed by atoms with Crippen molar-refractivity contribution < 1.29 is 19.2 Å². The van der Waals surface area contributed by atoms with Crippen LogP contribution in [0.1, 0.15) is 72.1 Å². The molecule has 0 aliphatic heterocycles. The number of hydrogen-bond acceptors (Lipinski definition) is 6. The molecule has 27 heavy (non-hydrogen) atoms. The van der Waals surface area contributed by atoms with E-state index in [9.17, 15) is 14.9 Å². The first-order chi connectivity index (χ1) is 13.0. The fourth-order valence-electron chi connectivity index (χ4n) is 3.14. The Hall–Kier alpha value is -1.31. The highest BCUT2D eigenvalue weighted by atomic mass is 32.2. The SMILES string of the molecule is CCCCC(CC)COC(=NC(=O)OCC)SCC1CCC([N+](=O)[O-])CC1. The second kappa shape index (κ2) is 13.8. The van der Waals surface area contributed by atoms with Crippen molar-refractivity contribution in [3.8, 4) is 0 Å². The zero-order valence-electron chi connectivity index (χ0n) is 16.9. The molecule has 1 aliphatic rings. The molecule has 1 amide bonds. The molecule has 0 N–H and O–H groups in total. The standard InChI is InChI=1S/C19H34N2O5S/c1-4-7-8-15(5-2)13-26-19(20-18(22)25-6-3)27-14-16-9-11-17(12-10-16)21(23)24/h15-17H,4-14H2,1-3H3. The van der Waals surface area contributed by atoms with Crippen LogP contribution in [0, 0.1) is 22.0 Å². The van der Waals surface area contributed by atoms with Gasteiger partial charge in [-0.2, -0.15) is 0 Å². The van der Waals surface area contributed by atoms with E-state index >= 15 is 0 Å². The van der Waals surface area contributed by atoms with E-state index < -0.39 is 12.1 Å². The number of ether oxygens (including phenoxy) is 2. The molecule has 1 aliphatic carbocycles. The second-order valence-corrected chi connectivity index (χ2v) is 8.05. The van der Waals surface area contributed by atoms with E-state index in [-0.39, 0.29) is 11.5 Å². The van der Waals surface area contributed by atoms with Crippen molar-refractivity contribution in [2.45, 2.75) is 78.2 Å². The van der Waals surface area contributed by atoms with Crippen molar-refractivity contribution in [3.63, 3.8) is 0 Å². The molecular formula is C19H34N2O5S. The van der Waals surface area contributed by atoms with Crippen molar-refractivity contribution in [1.29, 1.82) is 0 Å².